The molecule has 0 atom stereocenters. The zero-order chi connectivity index (χ0) is 16.7. The highest BCUT2D eigenvalue weighted by Crippen LogP contribution is 2.52. The topological polar surface area (TPSA) is 65.0 Å². The molecule has 0 amide bonds. The molecule has 2 aromatic rings. The van der Waals surface area contributed by atoms with Crippen molar-refractivity contribution >= 4 is 18.4 Å². The van der Waals surface area contributed by atoms with Gasteiger partial charge in [0, 0.05) is 5.39 Å². The number of hydrogen-bond donors (Lipinski definition) is 1. The molecule has 6 heteroatoms. The number of benzene rings is 2. The monoisotopic (exact) mass is 338 g/mol. The van der Waals surface area contributed by atoms with Gasteiger partial charge in [-0.2, -0.15) is 0 Å². The third-order valence-electron chi connectivity index (χ3n) is 3.34. The first-order valence-electron chi connectivity index (χ1n) is 7.76. The van der Waals surface area contributed by atoms with Crippen LogP contribution in [0.3, 0.4) is 0 Å². The van der Waals surface area contributed by atoms with E-state index in [0.717, 1.165) is 16.3 Å². The predicted molar refractivity (Wildman–Crippen MR) is 91.1 cm³/mol. The minimum Gasteiger partial charge on any atom is -0.491 e. The van der Waals surface area contributed by atoms with Crippen LogP contribution in [0.15, 0.2) is 36.4 Å². The van der Waals surface area contributed by atoms with E-state index in [9.17, 15) is 4.57 Å². The highest BCUT2D eigenvalue weighted by Gasteiger charge is 2.25. The Morgan fingerprint density at radius 3 is 2.26 bits per heavy atom. The Balaban J connectivity index is 2.40. The number of fused-ring (bicyclic) bond motifs is 1. The summed E-state index contributed by atoms with van der Waals surface area (Å²) in [5.41, 5.74) is 0.891. The van der Waals surface area contributed by atoms with E-state index in [0.29, 0.717) is 19.0 Å². The summed E-state index contributed by atoms with van der Waals surface area (Å²) in [6.07, 6.45) is 0.218. The highest BCUT2D eigenvalue weighted by molar-refractivity contribution is 7.53. The number of aliphatic hydroxyl groups is 1. The van der Waals surface area contributed by atoms with Crippen molar-refractivity contribution in [2.75, 3.05) is 26.4 Å². The van der Waals surface area contributed by atoms with E-state index in [4.69, 9.17) is 18.9 Å². The lowest BCUT2D eigenvalue weighted by atomic mass is 10.0. The Morgan fingerprint density at radius 1 is 1.00 bits per heavy atom. The van der Waals surface area contributed by atoms with Crippen molar-refractivity contribution in [3.63, 3.8) is 0 Å². The van der Waals surface area contributed by atoms with E-state index in [-0.39, 0.29) is 19.4 Å². The molecule has 1 N–H and O–H groups in total. The molecule has 23 heavy (non-hydrogen) atoms. The molecule has 0 fully saturated rings. The van der Waals surface area contributed by atoms with Crippen LogP contribution in [0, 0.1) is 0 Å². The summed E-state index contributed by atoms with van der Waals surface area (Å²) < 4.78 is 29.1. The van der Waals surface area contributed by atoms with Gasteiger partial charge in [0.15, 0.2) is 0 Å². The third-order valence-corrected chi connectivity index (χ3v) is 5.37. The van der Waals surface area contributed by atoms with Crippen LogP contribution in [-0.2, 0) is 19.8 Å². The van der Waals surface area contributed by atoms with Gasteiger partial charge in [-0.3, -0.25) is 4.57 Å². The molecule has 0 heterocycles. The molecule has 0 unspecified atom stereocenters. The van der Waals surface area contributed by atoms with Crippen molar-refractivity contribution in [2.24, 2.45) is 0 Å². The third kappa shape index (κ3) is 4.55. The van der Waals surface area contributed by atoms with Gasteiger partial charge in [-0.1, -0.05) is 30.3 Å². The predicted octanol–water partition coefficient (Wildman–Crippen LogP) is 3.98. The van der Waals surface area contributed by atoms with E-state index in [1.165, 1.54) is 0 Å². The fourth-order valence-corrected chi connectivity index (χ4v) is 4.22. The molecule has 0 radical (unpaired) electrons. The van der Waals surface area contributed by atoms with E-state index in [1.807, 2.05) is 36.4 Å². The lowest BCUT2D eigenvalue weighted by Crippen LogP contribution is -2.03. The number of rotatable bonds is 9. The molecule has 0 saturated heterocycles. The normalized spacial score (nSPS) is 11.8. The highest BCUT2D eigenvalue weighted by atomic mass is 31.2. The molecule has 5 nitrogen and oxygen atoms in total. The number of hydrogen-bond acceptors (Lipinski definition) is 5. The van der Waals surface area contributed by atoms with Crippen LogP contribution in [-0.4, -0.2) is 31.5 Å². The van der Waals surface area contributed by atoms with Gasteiger partial charge in [0.2, 0.25) is 0 Å². The summed E-state index contributed by atoms with van der Waals surface area (Å²) in [6.45, 7) is 4.48. The van der Waals surface area contributed by atoms with Gasteiger partial charge in [-0.25, -0.2) is 0 Å². The van der Waals surface area contributed by atoms with E-state index in [2.05, 4.69) is 0 Å². The molecular weight excluding hydrogens is 315 g/mol. The second kappa shape index (κ2) is 8.46. The summed E-state index contributed by atoms with van der Waals surface area (Å²) in [5, 5.41) is 10.8. The number of aliphatic hydroxyl groups excluding tert-OH is 1. The first-order valence-corrected chi connectivity index (χ1v) is 9.48. The van der Waals surface area contributed by atoms with Gasteiger partial charge < -0.3 is 18.9 Å². The summed E-state index contributed by atoms with van der Waals surface area (Å²) >= 11 is 0. The van der Waals surface area contributed by atoms with E-state index >= 15 is 0 Å². The Hall–Kier alpha value is -1.39. The van der Waals surface area contributed by atoms with Crippen LogP contribution in [0.4, 0.5) is 0 Å². The van der Waals surface area contributed by atoms with Crippen LogP contribution >= 0.6 is 7.60 Å². The summed E-state index contributed by atoms with van der Waals surface area (Å²) in [6, 6.07) is 11.4. The molecule has 0 aromatic heterocycles. The smallest absolute Gasteiger partial charge is 0.335 e. The van der Waals surface area contributed by atoms with Crippen molar-refractivity contribution in [3.8, 4) is 5.75 Å². The Morgan fingerprint density at radius 2 is 1.65 bits per heavy atom. The molecule has 126 valence electrons. The second-order valence-corrected chi connectivity index (χ2v) is 7.00. The SMILES string of the molecule is CCOP(=O)(Cc1ccc(OCCO)c2ccccc12)OCC. The van der Waals surface area contributed by atoms with Crippen LogP contribution < -0.4 is 4.74 Å². The van der Waals surface area contributed by atoms with Gasteiger partial charge in [0.05, 0.1) is 26.0 Å². The summed E-state index contributed by atoms with van der Waals surface area (Å²) in [7, 11) is -3.16. The Labute approximate surface area is 136 Å². The molecule has 0 saturated carbocycles. The summed E-state index contributed by atoms with van der Waals surface area (Å²) in [5.74, 6) is 0.695. The minimum atomic E-state index is -3.16. The summed E-state index contributed by atoms with van der Waals surface area (Å²) in [4.78, 5) is 0. The molecule has 0 aliphatic heterocycles. The van der Waals surface area contributed by atoms with Crippen LogP contribution in [0.25, 0.3) is 10.8 Å². The van der Waals surface area contributed by atoms with Crippen LogP contribution in [0.5, 0.6) is 5.75 Å². The van der Waals surface area contributed by atoms with Gasteiger partial charge in [0.1, 0.15) is 12.4 Å². The Kier molecular flexibility index (Phi) is 6.60. The first-order chi connectivity index (χ1) is 11.1. The average molecular weight is 338 g/mol. The maximum absolute atomic E-state index is 12.8. The van der Waals surface area contributed by atoms with Crippen molar-refractivity contribution in [3.05, 3.63) is 42.0 Å². The zero-order valence-corrected chi connectivity index (χ0v) is 14.4. The van der Waals surface area contributed by atoms with Crippen molar-refractivity contribution in [1.29, 1.82) is 0 Å². The molecule has 2 rings (SSSR count). The number of ether oxygens (including phenoxy) is 1. The first kappa shape index (κ1) is 18.0. The molecule has 0 aliphatic carbocycles. The second-order valence-electron chi connectivity index (χ2n) is 4.95. The Bertz CT molecular complexity index is 676. The van der Waals surface area contributed by atoms with Gasteiger partial charge in [-0.15, -0.1) is 0 Å². The standard InChI is InChI=1S/C17H23O5P/c1-3-21-23(19,22-4-2)13-14-9-10-17(20-12-11-18)16-8-6-5-7-15(14)16/h5-10,18H,3-4,11-13H2,1-2H3. The van der Waals surface area contributed by atoms with Crippen molar-refractivity contribution in [1.82, 2.24) is 0 Å². The van der Waals surface area contributed by atoms with E-state index < -0.39 is 7.60 Å². The minimum absolute atomic E-state index is 0.0417. The van der Waals surface area contributed by atoms with Crippen LogP contribution in [0.1, 0.15) is 19.4 Å². The molecular formula is C17H23O5P. The quantitative estimate of drug-likeness (QED) is 0.701. The fraction of sp³-hybridized carbons (Fsp3) is 0.412. The van der Waals surface area contributed by atoms with Crippen molar-refractivity contribution < 1.29 is 23.5 Å². The average Bonchev–Trinajstić information content (AvgIpc) is 2.54. The lowest BCUT2D eigenvalue weighted by Gasteiger charge is -2.18. The largest absolute Gasteiger partial charge is 0.491 e. The molecule has 2 aromatic carbocycles. The van der Waals surface area contributed by atoms with Gasteiger partial charge in [-0.05, 0) is 30.9 Å². The zero-order valence-electron chi connectivity index (χ0n) is 13.5. The lowest BCUT2D eigenvalue weighted by molar-refractivity contribution is 0.203. The van der Waals surface area contributed by atoms with Gasteiger partial charge >= 0.3 is 7.60 Å². The maximum atomic E-state index is 12.8. The fourth-order valence-electron chi connectivity index (χ4n) is 2.48. The van der Waals surface area contributed by atoms with Crippen molar-refractivity contribution in [2.45, 2.75) is 20.0 Å². The molecule has 0 bridgehead atoms. The van der Waals surface area contributed by atoms with Gasteiger partial charge in [0.25, 0.3) is 0 Å². The van der Waals surface area contributed by atoms with E-state index in [1.54, 1.807) is 13.8 Å². The molecule has 0 aliphatic rings. The van der Waals surface area contributed by atoms with Crippen LogP contribution in [0.2, 0.25) is 0 Å². The molecule has 0 spiro atoms. The maximum Gasteiger partial charge on any atom is 0.335 e.